The molecule has 0 saturated carbocycles. The Hall–Kier alpha value is -1.07. The van der Waals surface area contributed by atoms with E-state index in [2.05, 4.69) is 5.10 Å². The maximum Gasteiger partial charge on any atom is 0.162 e. The van der Waals surface area contributed by atoms with Crippen LogP contribution >= 0.6 is 0 Å². The third-order valence-electron chi connectivity index (χ3n) is 2.24. The van der Waals surface area contributed by atoms with Crippen LogP contribution in [-0.4, -0.2) is 28.8 Å². The Morgan fingerprint density at radius 2 is 2.14 bits per heavy atom. The Morgan fingerprint density at radius 3 is 2.64 bits per heavy atom. The molecule has 1 saturated heterocycles. The van der Waals surface area contributed by atoms with Gasteiger partial charge in [0.15, 0.2) is 5.79 Å². The van der Waals surface area contributed by atoms with E-state index in [1.807, 2.05) is 13.8 Å². The van der Waals surface area contributed by atoms with Crippen molar-refractivity contribution < 1.29 is 9.47 Å². The second-order valence-corrected chi connectivity index (χ2v) is 3.93. The lowest BCUT2D eigenvalue weighted by Gasteiger charge is -2.34. The van der Waals surface area contributed by atoms with Crippen LogP contribution in [0.4, 0.5) is 5.69 Å². The van der Waals surface area contributed by atoms with Crippen LogP contribution in [0.25, 0.3) is 0 Å². The number of nitrogens with zero attached hydrogens (tertiary/aromatic N) is 2. The van der Waals surface area contributed by atoms with Crippen molar-refractivity contribution in [3.8, 4) is 0 Å². The fourth-order valence-electron chi connectivity index (χ4n) is 1.39. The van der Waals surface area contributed by atoms with E-state index in [9.17, 15) is 0 Å². The Bertz CT molecular complexity index is 312. The zero-order valence-corrected chi connectivity index (χ0v) is 8.43. The van der Waals surface area contributed by atoms with Gasteiger partial charge >= 0.3 is 0 Å². The second-order valence-electron chi connectivity index (χ2n) is 3.93. The van der Waals surface area contributed by atoms with Crippen molar-refractivity contribution in [3.05, 3.63) is 12.4 Å². The molecule has 1 aliphatic heterocycles. The van der Waals surface area contributed by atoms with Crippen LogP contribution in [0.1, 0.15) is 19.9 Å². The maximum absolute atomic E-state index is 5.57. The van der Waals surface area contributed by atoms with Crippen LogP contribution in [0.2, 0.25) is 0 Å². The molecule has 0 aliphatic carbocycles. The molecule has 78 valence electrons. The van der Waals surface area contributed by atoms with Gasteiger partial charge in [0.2, 0.25) is 0 Å². The molecule has 0 aromatic carbocycles. The predicted molar refractivity (Wildman–Crippen MR) is 51.7 cm³/mol. The Morgan fingerprint density at radius 1 is 1.50 bits per heavy atom. The van der Waals surface area contributed by atoms with Gasteiger partial charge in [0.1, 0.15) is 0 Å². The highest BCUT2D eigenvalue weighted by molar-refractivity contribution is 5.30. The lowest BCUT2D eigenvalue weighted by molar-refractivity contribution is -0.259. The van der Waals surface area contributed by atoms with Gasteiger partial charge in [-0.3, -0.25) is 4.68 Å². The fourth-order valence-corrected chi connectivity index (χ4v) is 1.39. The number of hydrogen-bond donors (Lipinski definition) is 1. The average Bonchev–Trinajstić information content (AvgIpc) is 2.52. The van der Waals surface area contributed by atoms with Gasteiger partial charge in [0, 0.05) is 6.20 Å². The monoisotopic (exact) mass is 197 g/mol. The summed E-state index contributed by atoms with van der Waals surface area (Å²) >= 11 is 0. The zero-order chi connectivity index (χ0) is 10.2. The summed E-state index contributed by atoms with van der Waals surface area (Å²) in [7, 11) is 0. The van der Waals surface area contributed by atoms with Crippen molar-refractivity contribution >= 4 is 5.69 Å². The van der Waals surface area contributed by atoms with E-state index in [0.29, 0.717) is 18.9 Å². The largest absolute Gasteiger partial charge is 0.396 e. The van der Waals surface area contributed by atoms with Gasteiger partial charge in [0.25, 0.3) is 0 Å². The number of nitrogens with two attached hydrogens (primary N) is 1. The highest BCUT2D eigenvalue weighted by atomic mass is 16.7. The van der Waals surface area contributed by atoms with Crippen molar-refractivity contribution in [2.24, 2.45) is 0 Å². The molecule has 5 heteroatoms. The first kappa shape index (κ1) is 9.48. The molecule has 2 heterocycles. The maximum atomic E-state index is 5.57. The molecule has 0 amide bonds. The third-order valence-corrected chi connectivity index (χ3v) is 2.24. The minimum atomic E-state index is -0.477. The van der Waals surface area contributed by atoms with Crippen molar-refractivity contribution in [2.45, 2.75) is 25.7 Å². The standard InChI is InChI=1S/C9H15N3O2/c1-9(2)13-5-8(6-14-9)12-4-7(10)3-11-12/h3-4,8H,5-6,10H2,1-2H3. The fraction of sp³-hybridized carbons (Fsp3) is 0.667. The Labute approximate surface area is 82.8 Å². The van der Waals surface area contributed by atoms with Crippen LogP contribution in [0.5, 0.6) is 0 Å². The number of nitrogen functional groups attached to an aromatic ring is 1. The molecule has 0 bridgehead atoms. The van der Waals surface area contributed by atoms with Gasteiger partial charge in [-0.25, -0.2) is 0 Å². The van der Waals surface area contributed by atoms with Gasteiger partial charge in [0.05, 0.1) is 31.1 Å². The van der Waals surface area contributed by atoms with Crippen molar-refractivity contribution in [1.29, 1.82) is 0 Å². The minimum Gasteiger partial charge on any atom is -0.396 e. The van der Waals surface area contributed by atoms with Crippen LogP contribution in [0.15, 0.2) is 12.4 Å². The van der Waals surface area contributed by atoms with Crippen molar-refractivity contribution in [3.63, 3.8) is 0 Å². The van der Waals surface area contributed by atoms with Crippen molar-refractivity contribution in [2.75, 3.05) is 18.9 Å². The molecule has 14 heavy (non-hydrogen) atoms. The first-order valence-corrected chi connectivity index (χ1v) is 4.64. The SMILES string of the molecule is CC1(C)OCC(n2cc(N)cn2)CO1. The van der Waals surface area contributed by atoms with E-state index in [4.69, 9.17) is 15.2 Å². The number of rotatable bonds is 1. The molecule has 2 rings (SSSR count). The number of anilines is 1. The van der Waals surface area contributed by atoms with Gasteiger partial charge in [-0.2, -0.15) is 5.10 Å². The molecule has 1 aromatic rings. The summed E-state index contributed by atoms with van der Waals surface area (Å²) in [5.41, 5.74) is 6.24. The number of aromatic nitrogens is 2. The second kappa shape index (κ2) is 3.25. The summed E-state index contributed by atoms with van der Waals surface area (Å²) in [6.07, 6.45) is 3.41. The molecule has 1 fully saturated rings. The van der Waals surface area contributed by atoms with Crippen LogP contribution in [-0.2, 0) is 9.47 Å². The van der Waals surface area contributed by atoms with Gasteiger partial charge in [-0.05, 0) is 13.8 Å². The summed E-state index contributed by atoms with van der Waals surface area (Å²) in [6, 6.07) is 0.125. The molecule has 0 unspecified atom stereocenters. The normalized spacial score (nSPS) is 22.4. The summed E-state index contributed by atoms with van der Waals surface area (Å²) in [6.45, 7) is 5.02. The van der Waals surface area contributed by atoms with E-state index >= 15 is 0 Å². The molecule has 0 spiro atoms. The predicted octanol–water partition coefficient (Wildman–Crippen LogP) is 0.789. The molecular weight excluding hydrogens is 182 g/mol. The average molecular weight is 197 g/mol. The molecule has 1 aliphatic rings. The molecule has 0 atom stereocenters. The smallest absolute Gasteiger partial charge is 0.162 e. The molecule has 2 N–H and O–H groups in total. The van der Waals surface area contributed by atoms with E-state index in [1.54, 1.807) is 17.1 Å². The Balaban J connectivity index is 2.02. The lowest BCUT2D eigenvalue weighted by Crippen LogP contribution is -2.40. The van der Waals surface area contributed by atoms with Crippen LogP contribution in [0, 0.1) is 0 Å². The minimum absolute atomic E-state index is 0.125. The van der Waals surface area contributed by atoms with Crippen LogP contribution in [0.3, 0.4) is 0 Å². The lowest BCUT2D eigenvalue weighted by atomic mass is 10.2. The van der Waals surface area contributed by atoms with Crippen molar-refractivity contribution in [1.82, 2.24) is 9.78 Å². The molecule has 5 nitrogen and oxygen atoms in total. The van der Waals surface area contributed by atoms with E-state index < -0.39 is 5.79 Å². The highest BCUT2D eigenvalue weighted by Crippen LogP contribution is 2.23. The number of hydrogen-bond acceptors (Lipinski definition) is 4. The summed E-state index contributed by atoms with van der Waals surface area (Å²) < 4.78 is 12.8. The summed E-state index contributed by atoms with van der Waals surface area (Å²) in [5, 5.41) is 4.12. The third kappa shape index (κ3) is 1.88. The number of ether oxygens (including phenoxy) is 2. The first-order valence-electron chi connectivity index (χ1n) is 4.64. The quantitative estimate of drug-likeness (QED) is 0.723. The van der Waals surface area contributed by atoms with Crippen LogP contribution < -0.4 is 5.73 Å². The topological polar surface area (TPSA) is 62.3 Å². The van der Waals surface area contributed by atoms with E-state index in [0.717, 1.165) is 0 Å². The highest BCUT2D eigenvalue weighted by Gasteiger charge is 2.29. The molecular formula is C9H15N3O2. The van der Waals surface area contributed by atoms with Gasteiger partial charge < -0.3 is 15.2 Å². The zero-order valence-electron chi connectivity index (χ0n) is 8.43. The van der Waals surface area contributed by atoms with E-state index in [1.165, 1.54) is 0 Å². The summed E-state index contributed by atoms with van der Waals surface area (Å²) in [4.78, 5) is 0. The first-order chi connectivity index (χ1) is 6.57. The summed E-state index contributed by atoms with van der Waals surface area (Å²) in [5.74, 6) is -0.477. The van der Waals surface area contributed by atoms with Gasteiger partial charge in [-0.1, -0.05) is 0 Å². The molecule has 1 aromatic heterocycles. The molecule has 0 radical (unpaired) electrons. The van der Waals surface area contributed by atoms with E-state index in [-0.39, 0.29) is 6.04 Å². The Kier molecular flexibility index (Phi) is 2.20. The van der Waals surface area contributed by atoms with Gasteiger partial charge in [-0.15, -0.1) is 0 Å².